The first-order valence-electron chi connectivity index (χ1n) is 10.9. The smallest absolute Gasteiger partial charge is 0.186 e. The number of H-pyrrole nitrogens is 1. The molecule has 4 heterocycles. The van der Waals surface area contributed by atoms with Crippen LogP contribution in [0.4, 0.5) is 8.78 Å². The van der Waals surface area contributed by atoms with Crippen molar-refractivity contribution in [2.75, 3.05) is 6.54 Å². The highest BCUT2D eigenvalue weighted by Crippen LogP contribution is 2.29. The van der Waals surface area contributed by atoms with Crippen LogP contribution in [0.5, 0.6) is 0 Å². The summed E-state index contributed by atoms with van der Waals surface area (Å²) < 4.78 is 29.7. The summed E-state index contributed by atoms with van der Waals surface area (Å²) in [6.45, 7) is 2.88. The molecule has 1 N–H and O–H groups in total. The molecule has 7 nitrogen and oxygen atoms in total. The minimum absolute atomic E-state index is 0.0975. The minimum atomic E-state index is -0.523. The van der Waals surface area contributed by atoms with Gasteiger partial charge in [0.2, 0.25) is 0 Å². The number of fused-ring (bicyclic) bond motifs is 1. The highest BCUT2D eigenvalue weighted by Gasteiger charge is 2.18. The Labute approximate surface area is 196 Å². The number of aromatic amines is 1. The minimum Gasteiger partial charge on any atom is -0.342 e. The van der Waals surface area contributed by atoms with Gasteiger partial charge in [-0.05, 0) is 56.3 Å². The fourth-order valence-corrected chi connectivity index (χ4v) is 3.94. The average Bonchev–Trinajstić information content (AvgIpc) is 3.45. The van der Waals surface area contributed by atoms with E-state index in [0.29, 0.717) is 13.1 Å². The van der Waals surface area contributed by atoms with Crippen LogP contribution in [0, 0.1) is 18.6 Å². The topological polar surface area (TPSA) is 75.0 Å². The van der Waals surface area contributed by atoms with Crippen LogP contribution >= 0.6 is 0 Å². The Hall–Kier alpha value is -3.92. The molecule has 4 aromatic heterocycles. The third-order valence-corrected chi connectivity index (χ3v) is 5.67. The normalized spacial score (nSPS) is 11.5. The summed E-state index contributed by atoms with van der Waals surface area (Å²) in [5.74, 6) is -0.321. The second kappa shape index (κ2) is 9.15. The molecule has 0 fully saturated rings. The van der Waals surface area contributed by atoms with Crippen molar-refractivity contribution in [2.45, 2.75) is 19.9 Å². The fraction of sp³-hybridized carbons (Fsp3) is 0.167. The van der Waals surface area contributed by atoms with Gasteiger partial charge >= 0.3 is 0 Å². The van der Waals surface area contributed by atoms with Crippen LogP contribution in [0.1, 0.15) is 17.1 Å². The predicted molar refractivity (Wildman–Crippen MR) is 128 cm³/mol. The van der Waals surface area contributed by atoms with E-state index in [9.17, 15) is 8.78 Å². The zero-order chi connectivity index (χ0) is 23.7. The van der Waals surface area contributed by atoms with E-state index in [1.807, 2.05) is 56.2 Å². The lowest BCUT2D eigenvalue weighted by molar-refractivity contribution is 0.431. The molecule has 0 saturated carbocycles. The maximum absolute atomic E-state index is 14.0. The zero-order valence-corrected chi connectivity index (χ0v) is 18.8. The van der Waals surface area contributed by atoms with Gasteiger partial charge < -0.3 is 9.79 Å². The van der Waals surface area contributed by atoms with Crippen molar-refractivity contribution in [3.63, 3.8) is 0 Å². The number of benzene rings is 1. The van der Waals surface area contributed by atoms with E-state index >= 15 is 0 Å². The highest BCUT2D eigenvalue weighted by molar-refractivity contribution is 6.04. The Bertz CT molecular complexity index is 1440. The van der Waals surface area contributed by atoms with Crippen LogP contribution in [0.25, 0.3) is 28.3 Å². The molecule has 0 aliphatic heterocycles. The first-order valence-corrected chi connectivity index (χ1v) is 10.9. The molecule has 0 bridgehead atoms. The summed E-state index contributed by atoms with van der Waals surface area (Å²) in [6, 6.07) is 13.6. The molecule has 170 valence electrons. The molecule has 0 aliphatic rings. The van der Waals surface area contributed by atoms with Gasteiger partial charge in [-0.1, -0.05) is 12.1 Å². The summed E-state index contributed by atoms with van der Waals surface area (Å²) in [5, 5.41) is 4.23. The van der Waals surface area contributed by atoms with Crippen molar-refractivity contribution in [1.29, 1.82) is 0 Å². The van der Waals surface area contributed by atoms with Crippen molar-refractivity contribution in [2.24, 2.45) is 0 Å². The third-order valence-electron chi connectivity index (χ3n) is 5.67. The SMILES string of the molecule is BN(CCc1c(F)cccc1F)Cc1nc(-c2cccc(C)n2)c(-c2ccc3ncnn3c2)[nH]1. The van der Waals surface area contributed by atoms with E-state index in [1.165, 1.54) is 24.5 Å². The number of nitrogens with one attached hydrogen (secondary N) is 1. The number of halogens is 2. The Morgan fingerprint density at radius 1 is 1.03 bits per heavy atom. The van der Waals surface area contributed by atoms with Crippen molar-refractivity contribution >= 4 is 13.6 Å². The Morgan fingerprint density at radius 3 is 2.62 bits per heavy atom. The lowest BCUT2D eigenvalue weighted by atomic mass is 10.1. The first kappa shape index (κ1) is 21.9. The monoisotopic (exact) mass is 457 g/mol. The predicted octanol–water partition coefficient (Wildman–Crippen LogP) is 3.36. The Balaban J connectivity index is 1.44. The lowest BCUT2D eigenvalue weighted by Gasteiger charge is -2.16. The Morgan fingerprint density at radius 2 is 1.82 bits per heavy atom. The van der Waals surface area contributed by atoms with Gasteiger partial charge in [-0.2, -0.15) is 5.10 Å². The fourth-order valence-electron chi connectivity index (χ4n) is 3.94. The standard InChI is InChI=1S/C24H22BF2N7/c1-15-4-2-7-20(30-15)24-23(16-8-9-22-28-14-29-34(22)12-16)31-21(32-24)13-33(25)11-10-17-18(26)5-3-6-19(17)27/h2-9,12,14H,10-11,13,25H2,1H3,(H,31,32). The van der Waals surface area contributed by atoms with Crippen LogP contribution in [-0.4, -0.2) is 48.9 Å². The molecule has 0 amide bonds. The average molecular weight is 457 g/mol. The number of aromatic nitrogens is 6. The zero-order valence-electron chi connectivity index (χ0n) is 18.8. The van der Waals surface area contributed by atoms with E-state index in [2.05, 4.69) is 20.1 Å². The molecule has 0 radical (unpaired) electrons. The summed E-state index contributed by atoms with van der Waals surface area (Å²) in [4.78, 5) is 19.1. The molecule has 1 aromatic carbocycles. The van der Waals surface area contributed by atoms with Gasteiger partial charge in [0.05, 0.1) is 11.4 Å². The van der Waals surface area contributed by atoms with Gasteiger partial charge in [0, 0.05) is 29.6 Å². The number of nitrogens with zero attached hydrogens (tertiary/aromatic N) is 6. The van der Waals surface area contributed by atoms with Crippen LogP contribution < -0.4 is 0 Å². The molecular formula is C24H22BF2N7. The molecular weight excluding hydrogens is 435 g/mol. The summed E-state index contributed by atoms with van der Waals surface area (Å²) in [6.07, 6.45) is 3.66. The van der Waals surface area contributed by atoms with Crippen molar-refractivity contribution in [1.82, 2.24) is 34.4 Å². The maximum atomic E-state index is 14.0. The third kappa shape index (κ3) is 4.44. The van der Waals surface area contributed by atoms with Crippen molar-refractivity contribution in [3.8, 4) is 22.6 Å². The second-order valence-corrected chi connectivity index (χ2v) is 8.24. The second-order valence-electron chi connectivity index (χ2n) is 8.24. The van der Waals surface area contributed by atoms with Gasteiger partial charge in [-0.15, -0.1) is 0 Å². The Kier molecular flexibility index (Phi) is 5.89. The van der Waals surface area contributed by atoms with Crippen molar-refractivity contribution in [3.05, 3.63) is 89.8 Å². The molecule has 10 heteroatoms. The summed E-state index contributed by atoms with van der Waals surface area (Å²) >= 11 is 0. The number of pyridine rings is 2. The molecule has 0 saturated heterocycles. The number of rotatable bonds is 7. The lowest BCUT2D eigenvalue weighted by Crippen LogP contribution is -2.23. The van der Waals surface area contributed by atoms with Gasteiger partial charge in [-0.3, -0.25) is 4.98 Å². The summed E-state index contributed by atoms with van der Waals surface area (Å²) in [7, 11) is 1.90. The van der Waals surface area contributed by atoms with Crippen LogP contribution in [0.15, 0.2) is 61.1 Å². The molecule has 34 heavy (non-hydrogen) atoms. The first-order chi connectivity index (χ1) is 16.5. The van der Waals surface area contributed by atoms with Gasteiger partial charge in [0.25, 0.3) is 0 Å². The highest BCUT2D eigenvalue weighted by atomic mass is 19.1. The van der Waals surface area contributed by atoms with Gasteiger partial charge in [-0.25, -0.2) is 23.3 Å². The molecule has 0 unspecified atom stereocenters. The van der Waals surface area contributed by atoms with E-state index in [-0.39, 0.29) is 12.0 Å². The quantitative estimate of drug-likeness (QED) is 0.380. The van der Waals surface area contributed by atoms with E-state index < -0.39 is 11.6 Å². The number of hydrogen-bond donors (Lipinski definition) is 1. The van der Waals surface area contributed by atoms with Crippen molar-refractivity contribution < 1.29 is 8.78 Å². The van der Waals surface area contributed by atoms with E-state index in [4.69, 9.17) is 4.98 Å². The van der Waals surface area contributed by atoms with Crippen LogP contribution in [-0.2, 0) is 13.0 Å². The molecule has 5 aromatic rings. The molecule has 0 atom stereocenters. The van der Waals surface area contributed by atoms with Gasteiger partial charge in [0.15, 0.2) is 13.6 Å². The largest absolute Gasteiger partial charge is 0.342 e. The molecule has 0 spiro atoms. The molecule has 0 aliphatic carbocycles. The summed E-state index contributed by atoms with van der Waals surface area (Å²) in [5.41, 5.74) is 4.94. The van der Waals surface area contributed by atoms with Gasteiger partial charge in [0.1, 0.15) is 29.5 Å². The number of hydrogen-bond acceptors (Lipinski definition) is 5. The van der Waals surface area contributed by atoms with Crippen LogP contribution in [0.3, 0.4) is 0 Å². The molecule has 5 rings (SSSR count). The van der Waals surface area contributed by atoms with Crippen LogP contribution in [0.2, 0.25) is 0 Å². The van der Waals surface area contributed by atoms with E-state index in [1.54, 1.807) is 4.52 Å². The number of imidazole rings is 1. The maximum Gasteiger partial charge on any atom is 0.186 e. The van der Waals surface area contributed by atoms with E-state index in [0.717, 1.165) is 39.8 Å². The number of aryl methyl sites for hydroxylation is 1.